The van der Waals surface area contributed by atoms with Gasteiger partial charge in [-0.3, -0.25) is 0 Å². The fourth-order valence-corrected chi connectivity index (χ4v) is 1.81. The fourth-order valence-electron chi connectivity index (χ4n) is 1.81. The standard InChI is InChI=1S/C14H17N3O/c1-3-17(13-7-5-4-6-8-13)14-15-9-12(10-18)11(2)16-14/h4-9,18H,3,10H2,1-2H3. The minimum atomic E-state index is -0.0242. The third-order valence-corrected chi connectivity index (χ3v) is 2.86. The van der Waals surface area contributed by atoms with Gasteiger partial charge in [0.2, 0.25) is 5.95 Å². The van der Waals surface area contributed by atoms with E-state index in [1.54, 1.807) is 6.20 Å². The molecule has 0 amide bonds. The summed E-state index contributed by atoms with van der Waals surface area (Å²) in [7, 11) is 0. The quantitative estimate of drug-likeness (QED) is 0.896. The second-order valence-corrected chi connectivity index (χ2v) is 4.02. The molecule has 0 radical (unpaired) electrons. The Morgan fingerprint density at radius 2 is 1.94 bits per heavy atom. The van der Waals surface area contributed by atoms with Crippen molar-refractivity contribution in [3.05, 3.63) is 47.8 Å². The predicted octanol–water partition coefficient (Wildman–Crippen LogP) is 2.44. The Balaban J connectivity index is 2.37. The largest absolute Gasteiger partial charge is 0.392 e. The van der Waals surface area contributed by atoms with Crippen LogP contribution in [0.15, 0.2) is 36.5 Å². The molecular weight excluding hydrogens is 226 g/mol. The lowest BCUT2D eigenvalue weighted by Gasteiger charge is -2.21. The Hall–Kier alpha value is -1.94. The second-order valence-electron chi connectivity index (χ2n) is 4.02. The number of hydrogen-bond acceptors (Lipinski definition) is 4. The molecule has 0 aliphatic heterocycles. The third-order valence-electron chi connectivity index (χ3n) is 2.86. The van der Waals surface area contributed by atoms with Crippen LogP contribution < -0.4 is 4.90 Å². The molecule has 1 heterocycles. The molecule has 2 aromatic rings. The van der Waals surface area contributed by atoms with Crippen LogP contribution in [0.5, 0.6) is 0 Å². The molecule has 18 heavy (non-hydrogen) atoms. The number of aliphatic hydroxyl groups is 1. The molecule has 0 bridgehead atoms. The monoisotopic (exact) mass is 243 g/mol. The molecule has 4 nitrogen and oxygen atoms in total. The second kappa shape index (κ2) is 5.60. The van der Waals surface area contributed by atoms with Crippen molar-refractivity contribution in [2.45, 2.75) is 20.5 Å². The van der Waals surface area contributed by atoms with Crippen molar-refractivity contribution in [2.75, 3.05) is 11.4 Å². The first-order chi connectivity index (χ1) is 8.76. The van der Waals surface area contributed by atoms with Crippen molar-refractivity contribution in [1.82, 2.24) is 9.97 Å². The smallest absolute Gasteiger partial charge is 0.230 e. The first-order valence-corrected chi connectivity index (χ1v) is 6.02. The van der Waals surface area contributed by atoms with Gasteiger partial charge in [-0.25, -0.2) is 9.97 Å². The van der Waals surface area contributed by atoms with Crippen molar-refractivity contribution in [3.8, 4) is 0 Å². The van der Waals surface area contributed by atoms with Gasteiger partial charge >= 0.3 is 0 Å². The molecule has 1 aromatic carbocycles. The molecule has 0 atom stereocenters. The lowest BCUT2D eigenvalue weighted by atomic mass is 10.2. The number of para-hydroxylation sites is 1. The normalized spacial score (nSPS) is 10.4. The van der Waals surface area contributed by atoms with E-state index in [1.165, 1.54) is 0 Å². The predicted molar refractivity (Wildman–Crippen MR) is 71.8 cm³/mol. The zero-order valence-electron chi connectivity index (χ0n) is 10.7. The van der Waals surface area contributed by atoms with Crippen molar-refractivity contribution in [2.24, 2.45) is 0 Å². The van der Waals surface area contributed by atoms with E-state index in [1.807, 2.05) is 42.2 Å². The molecule has 1 aromatic heterocycles. The first kappa shape index (κ1) is 12.5. The molecule has 94 valence electrons. The summed E-state index contributed by atoms with van der Waals surface area (Å²) in [6.45, 7) is 4.71. The maximum atomic E-state index is 9.13. The zero-order chi connectivity index (χ0) is 13.0. The van der Waals surface area contributed by atoms with Crippen LogP contribution in [0.4, 0.5) is 11.6 Å². The van der Waals surface area contributed by atoms with E-state index in [0.717, 1.165) is 23.5 Å². The Labute approximate surface area is 107 Å². The van der Waals surface area contributed by atoms with Crippen LogP contribution in [0.1, 0.15) is 18.2 Å². The summed E-state index contributed by atoms with van der Waals surface area (Å²) in [6.07, 6.45) is 1.68. The number of rotatable bonds is 4. The van der Waals surface area contributed by atoms with Gasteiger partial charge in [-0.05, 0) is 26.0 Å². The lowest BCUT2D eigenvalue weighted by Crippen LogP contribution is -2.19. The Morgan fingerprint density at radius 3 is 2.50 bits per heavy atom. The number of aryl methyl sites for hydroxylation is 1. The minimum absolute atomic E-state index is 0.0242. The number of aliphatic hydroxyl groups excluding tert-OH is 1. The van der Waals surface area contributed by atoms with Gasteiger partial charge < -0.3 is 10.0 Å². The molecule has 0 spiro atoms. The SMILES string of the molecule is CCN(c1ccccc1)c1ncc(CO)c(C)n1. The highest BCUT2D eigenvalue weighted by Crippen LogP contribution is 2.21. The van der Waals surface area contributed by atoms with E-state index < -0.39 is 0 Å². The van der Waals surface area contributed by atoms with Gasteiger partial charge in [0.1, 0.15) is 0 Å². The summed E-state index contributed by atoms with van der Waals surface area (Å²) in [4.78, 5) is 10.8. The van der Waals surface area contributed by atoms with E-state index in [2.05, 4.69) is 16.9 Å². The zero-order valence-corrected chi connectivity index (χ0v) is 10.7. The van der Waals surface area contributed by atoms with E-state index in [4.69, 9.17) is 5.11 Å². The molecular formula is C14H17N3O. The average molecular weight is 243 g/mol. The number of aromatic nitrogens is 2. The van der Waals surface area contributed by atoms with Crippen LogP contribution in [0, 0.1) is 6.92 Å². The molecule has 0 aliphatic carbocycles. The number of nitrogens with zero attached hydrogens (tertiary/aromatic N) is 3. The van der Waals surface area contributed by atoms with Crippen LogP contribution >= 0.6 is 0 Å². The summed E-state index contributed by atoms with van der Waals surface area (Å²) in [5.74, 6) is 0.665. The average Bonchev–Trinajstić information content (AvgIpc) is 2.41. The Bertz CT molecular complexity index is 514. The van der Waals surface area contributed by atoms with Gasteiger partial charge in [-0.1, -0.05) is 18.2 Å². The van der Waals surface area contributed by atoms with Crippen LogP contribution in [0.3, 0.4) is 0 Å². The Morgan fingerprint density at radius 1 is 1.22 bits per heavy atom. The molecule has 0 aliphatic rings. The summed E-state index contributed by atoms with van der Waals surface area (Å²) in [6, 6.07) is 10.0. The maximum absolute atomic E-state index is 9.13. The van der Waals surface area contributed by atoms with E-state index in [0.29, 0.717) is 5.95 Å². The van der Waals surface area contributed by atoms with E-state index in [-0.39, 0.29) is 6.61 Å². The summed E-state index contributed by atoms with van der Waals surface area (Å²) < 4.78 is 0. The van der Waals surface area contributed by atoms with Gasteiger partial charge in [-0.15, -0.1) is 0 Å². The summed E-state index contributed by atoms with van der Waals surface area (Å²) >= 11 is 0. The first-order valence-electron chi connectivity index (χ1n) is 6.02. The van der Waals surface area contributed by atoms with Crippen molar-refractivity contribution in [1.29, 1.82) is 0 Å². The minimum Gasteiger partial charge on any atom is -0.392 e. The Kier molecular flexibility index (Phi) is 3.89. The molecule has 4 heteroatoms. The molecule has 0 saturated heterocycles. The maximum Gasteiger partial charge on any atom is 0.230 e. The van der Waals surface area contributed by atoms with Crippen LogP contribution in [0.2, 0.25) is 0 Å². The topological polar surface area (TPSA) is 49.2 Å². The van der Waals surface area contributed by atoms with E-state index >= 15 is 0 Å². The molecule has 0 saturated carbocycles. The van der Waals surface area contributed by atoms with E-state index in [9.17, 15) is 0 Å². The van der Waals surface area contributed by atoms with Gasteiger partial charge in [0.05, 0.1) is 6.61 Å². The lowest BCUT2D eigenvalue weighted by molar-refractivity contribution is 0.280. The van der Waals surface area contributed by atoms with Crippen LogP contribution in [-0.2, 0) is 6.61 Å². The highest BCUT2D eigenvalue weighted by molar-refractivity contribution is 5.56. The molecule has 1 N–H and O–H groups in total. The van der Waals surface area contributed by atoms with Gasteiger partial charge in [0.25, 0.3) is 0 Å². The van der Waals surface area contributed by atoms with Gasteiger partial charge in [-0.2, -0.15) is 0 Å². The highest BCUT2D eigenvalue weighted by Gasteiger charge is 2.11. The van der Waals surface area contributed by atoms with Gasteiger partial charge in [0.15, 0.2) is 0 Å². The summed E-state index contributed by atoms with van der Waals surface area (Å²) in [5, 5.41) is 9.13. The number of anilines is 2. The molecule has 0 unspecified atom stereocenters. The van der Waals surface area contributed by atoms with Crippen molar-refractivity contribution >= 4 is 11.6 Å². The van der Waals surface area contributed by atoms with Crippen LogP contribution in [-0.4, -0.2) is 21.6 Å². The number of benzene rings is 1. The number of hydrogen-bond donors (Lipinski definition) is 1. The van der Waals surface area contributed by atoms with Crippen molar-refractivity contribution < 1.29 is 5.11 Å². The third kappa shape index (κ3) is 2.49. The summed E-state index contributed by atoms with van der Waals surface area (Å²) in [5.41, 5.74) is 2.65. The fraction of sp³-hybridized carbons (Fsp3) is 0.286. The van der Waals surface area contributed by atoms with Crippen molar-refractivity contribution in [3.63, 3.8) is 0 Å². The van der Waals surface area contributed by atoms with Gasteiger partial charge in [0, 0.05) is 29.7 Å². The highest BCUT2D eigenvalue weighted by atomic mass is 16.3. The van der Waals surface area contributed by atoms with Crippen LogP contribution in [0.25, 0.3) is 0 Å². The molecule has 0 fully saturated rings. The molecule has 2 rings (SSSR count).